The highest BCUT2D eigenvalue weighted by Gasteiger charge is 1.99. The summed E-state index contributed by atoms with van der Waals surface area (Å²) >= 11 is 2.21. The van der Waals surface area contributed by atoms with Gasteiger partial charge in [-0.1, -0.05) is 0 Å². The Kier molecular flexibility index (Phi) is 2.26. The van der Waals surface area contributed by atoms with E-state index >= 15 is 0 Å². The molecule has 0 atom stereocenters. The predicted octanol–water partition coefficient (Wildman–Crippen LogP) is 1.58. The zero-order valence-electron chi connectivity index (χ0n) is 6.98. The van der Waals surface area contributed by atoms with E-state index in [-0.39, 0.29) is 0 Å². The summed E-state index contributed by atoms with van der Waals surface area (Å²) in [6.07, 6.45) is 5.44. The molecule has 0 aliphatic rings. The average molecular weight is 286 g/mol. The fourth-order valence-corrected chi connectivity index (χ4v) is 1.39. The van der Waals surface area contributed by atoms with Crippen LogP contribution in [0.4, 0.5) is 0 Å². The summed E-state index contributed by atoms with van der Waals surface area (Å²) < 4.78 is 2.82. The minimum absolute atomic E-state index is 0.753. The van der Waals surface area contributed by atoms with Crippen LogP contribution >= 0.6 is 22.6 Å². The Morgan fingerprint density at radius 2 is 2.31 bits per heavy atom. The molecule has 4 nitrogen and oxygen atoms in total. The van der Waals surface area contributed by atoms with Gasteiger partial charge in [0.25, 0.3) is 0 Å². The summed E-state index contributed by atoms with van der Waals surface area (Å²) in [4.78, 5) is 8.26. The number of nitrogens with zero attached hydrogens (tertiary/aromatic N) is 4. The summed E-state index contributed by atoms with van der Waals surface area (Å²) in [7, 11) is 0. The fourth-order valence-electron chi connectivity index (χ4n) is 0.997. The van der Waals surface area contributed by atoms with Crippen molar-refractivity contribution in [2.24, 2.45) is 0 Å². The molecule has 5 heteroatoms. The second-order valence-corrected chi connectivity index (χ2v) is 3.81. The highest BCUT2D eigenvalue weighted by molar-refractivity contribution is 14.1. The van der Waals surface area contributed by atoms with Crippen molar-refractivity contribution in [1.29, 1.82) is 0 Å². The van der Waals surface area contributed by atoms with Crippen LogP contribution in [-0.4, -0.2) is 19.7 Å². The summed E-state index contributed by atoms with van der Waals surface area (Å²) in [6.45, 7) is 1.86. The van der Waals surface area contributed by atoms with E-state index in [1.54, 1.807) is 17.1 Å². The lowest BCUT2D eigenvalue weighted by Crippen LogP contribution is -1.99. The smallest absolute Gasteiger partial charge is 0.157 e. The van der Waals surface area contributed by atoms with Crippen LogP contribution in [0.5, 0.6) is 0 Å². The molecule has 2 heterocycles. The van der Waals surface area contributed by atoms with Gasteiger partial charge in [0.1, 0.15) is 5.82 Å². The number of hydrogen-bond donors (Lipinski definition) is 0. The van der Waals surface area contributed by atoms with E-state index in [1.807, 2.05) is 19.2 Å². The average Bonchev–Trinajstić information content (AvgIpc) is 2.52. The molecule has 66 valence electrons. The third-order valence-corrected chi connectivity index (χ3v) is 2.10. The maximum absolute atomic E-state index is 4.24. The van der Waals surface area contributed by atoms with Gasteiger partial charge in [-0.3, -0.25) is 0 Å². The van der Waals surface area contributed by atoms with Crippen molar-refractivity contribution in [1.82, 2.24) is 19.7 Å². The Morgan fingerprint density at radius 3 is 2.92 bits per heavy atom. The van der Waals surface area contributed by atoms with Crippen LogP contribution in [0, 0.1) is 10.5 Å². The van der Waals surface area contributed by atoms with Crippen LogP contribution in [0.3, 0.4) is 0 Å². The van der Waals surface area contributed by atoms with Crippen LogP contribution in [0.1, 0.15) is 5.82 Å². The van der Waals surface area contributed by atoms with E-state index in [4.69, 9.17) is 0 Å². The molecule has 0 aromatic carbocycles. The van der Waals surface area contributed by atoms with Crippen molar-refractivity contribution in [2.75, 3.05) is 0 Å². The van der Waals surface area contributed by atoms with Gasteiger partial charge in [-0.25, -0.2) is 14.6 Å². The quantitative estimate of drug-likeness (QED) is 0.747. The van der Waals surface area contributed by atoms with Gasteiger partial charge in [0, 0.05) is 18.5 Å². The van der Waals surface area contributed by atoms with Crippen LogP contribution in [0.15, 0.2) is 24.7 Å². The maximum Gasteiger partial charge on any atom is 0.157 e. The zero-order valence-corrected chi connectivity index (χ0v) is 9.13. The van der Waals surface area contributed by atoms with Gasteiger partial charge in [-0.15, -0.1) is 0 Å². The van der Waals surface area contributed by atoms with Crippen LogP contribution in [0.2, 0.25) is 0 Å². The summed E-state index contributed by atoms with van der Waals surface area (Å²) in [5.74, 6) is 1.55. The molecule has 0 bridgehead atoms. The maximum atomic E-state index is 4.24. The number of hydrogen-bond acceptors (Lipinski definition) is 3. The Bertz CT molecular complexity index is 424. The normalized spacial score (nSPS) is 10.3. The number of aryl methyl sites for hydroxylation is 1. The van der Waals surface area contributed by atoms with Gasteiger partial charge in [-0.05, 0) is 29.5 Å². The molecule has 0 unspecified atom stereocenters. The van der Waals surface area contributed by atoms with E-state index in [1.165, 1.54) is 0 Å². The van der Waals surface area contributed by atoms with Crippen LogP contribution in [0.25, 0.3) is 5.82 Å². The standard InChI is InChI=1S/C8H7IN4/c1-6-10-3-2-8(12-6)13-5-7(9)4-11-13/h2-5H,1H3. The molecule has 0 saturated heterocycles. The van der Waals surface area contributed by atoms with E-state index in [2.05, 4.69) is 37.7 Å². The number of rotatable bonds is 1. The minimum Gasteiger partial charge on any atom is -0.242 e. The monoisotopic (exact) mass is 286 g/mol. The first-order valence-corrected chi connectivity index (χ1v) is 4.84. The number of aromatic nitrogens is 4. The van der Waals surface area contributed by atoms with Gasteiger partial charge in [0.15, 0.2) is 5.82 Å². The largest absolute Gasteiger partial charge is 0.242 e. The van der Waals surface area contributed by atoms with Crippen molar-refractivity contribution in [3.05, 3.63) is 34.1 Å². The molecule has 13 heavy (non-hydrogen) atoms. The zero-order chi connectivity index (χ0) is 9.26. The highest BCUT2D eigenvalue weighted by Crippen LogP contribution is 2.06. The fraction of sp³-hybridized carbons (Fsp3) is 0.125. The Labute approximate surface area is 89.2 Å². The predicted molar refractivity (Wildman–Crippen MR) is 56.6 cm³/mol. The molecule has 0 aliphatic carbocycles. The van der Waals surface area contributed by atoms with Gasteiger partial charge in [0.2, 0.25) is 0 Å². The molecule has 2 aromatic heterocycles. The topological polar surface area (TPSA) is 43.6 Å². The Morgan fingerprint density at radius 1 is 1.46 bits per heavy atom. The van der Waals surface area contributed by atoms with Crippen molar-refractivity contribution in [2.45, 2.75) is 6.92 Å². The van der Waals surface area contributed by atoms with Gasteiger partial charge in [-0.2, -0.15) is 5.10 Å². The third-order valence-electron chi connectivity index (χ3n) is 1.55. The van der Waals surface area contributed by atoms with Gasteiger partial charge in [0.05, 0.1) is 9.77 Å². The molecular weight excluding hydrogens is 279 g/mol. The third kappa shape index (κ3) is 1.85. The van der Waals surface area contributed by atoms with Crippen molar-refractivity contribution >= 4 is 22.6 Å². The van der Waals surface area contributed by atoms with E-state index < -0.39 is 0 Å². The van der Waals surface area contributed by atoms with Crippen molar-refractivity contribution < 1.29 is 0 Å². The lowest BCUT2D eigenvalue weighted by Gasteiger charge is -1.99. The molecule has 2 rings (SSSR count). The molecule has 0 spiro atoms. The highest BCUT2D eigenvalue weighted by atomic mass is 127. The Balaban J connectivity index is 2.46. The summed E-state index contributed by atoms with van der Waals surface area (Å²) in [6, 6.07) is 1.83. The van der Waals surface area contributed by atoms with E-state index in [0.717, 1.165) is 15.2 Å². The lowest BCUT2D eigenvalue weighted by molar-refractivity contribution is 0.828. The molecular formula is C8H7IN4. The van der Waals surface area contributed by atoms with E-state index in [0.29, 0.717) is 0 Å². The summed E-state index contributed by atoms with van der Waals surface area (Å²) in [5.41, 5.74) is 0. The second-order valence-electron chi connectivity index (χ2n) is 2.57. The molecule has 0 N–H and O–H groups in total. The Hall–Kier alpha value is -0.980. The first-order chi connectivity index (χ1) is 6.25. The summed E-state index contributed by atoms with van der Waals surface area (Å²) in [5, 5.41) is 4.15. The van der Waals surface area contributed by atoms with Crippen LogP contribution < -0.4 is 0 Å². The molecule has 0 amide bonds. The SMILES string of the molecule is Cc1nccc(-n2cc(I)cn2)n1. The van der Waals surface area contributed by atoms with Gasteiger partial charge < -0.3 is 0 Å². The van der Waals surface area contributed by atoms with E-state index in [9.17, 15) is 0 Å². The first-order valence-electron chi connectivity index (χ1n) is 3.76. The molecule has 0 saturated carbocycles. The molecule has 2 aromatic rings. The lowest BCUT2D eigenvalue weighted by atomic mass is 10.5. The molecule has 0 radical (unpaired) electrons. The van der Waals surface area contributed by atoms with Crippen molar-refractivity contribution in [3.63, 3.8) is 0 Å². The first kappa shape index (κ1) is 8.61. The van der Waals surface area contributed by atoms with Crippen molar-refractivity contribution in [3.8, 4) is 5.82 Å². The second kappa shape index (κ2) is 3.41. The minimum atomic E-state index is 0.753. The van der Waals surface area contributed by atoms with Crippen LogP contribution in [-0.2, 0) is 0 Å². The molecule has 0 aliphatic heterocycles. The van der Waals surface area contributed by atoms with Gasteiger partial charge >= 0.3 is 0 Å². The molecule has 0 fully saturated rings. The number of halogens is 1.